The Morgan fingerprint density at radius 1 is 0.900 bits per heavy atom. The summed E-state index contributed by atoms with van der Waals surface area (Å²) in [6.45, 7) is 0.571. The van der Waals surface area contributed by atoms with E-state index in [9.17, 15) is 13.2 Å². The highest BCUT2D eigenvalue weighted by Crippen LogP contribution is 2.25. The Morgan fingerprint density at radius 2 is 1.53 bits per heavy atom. The number of nitrogens with one attached hydrogen (secondary N) is 1. The van der Waals surface area contributed by atoms with Crippen LogP contribution in [0.5, 0.6) is 0 Å². The van der Waals surface area contributed by atoms with Crippen molar-refractivity contribution in [2.45, 2.75) is 13.0 Å². The van der Waals surface area contributed by atoms with Gasteiger partial charge in [-0.2, -0.15) is 0 Å². The van der Waals surface area contributed by atoms with Gasteiger partial charge in [-0.3, -0.25) is 9.10 Å². The third-order valence-electron chi connectivity index (χ3n) is 4.60. The van der Waals surface area contributed by atoms with E-state index >= 15 is 0 Å². The lowest BCUT2D eigenvalue weighted by Crippen LogP contribution is -2.33. The molecule has 3 aromatic rings. The Labute approximate surface area is 182 Å². The van der Waals surface area contributed by atoms with Crippen LogP contribution in [0.4, 0.5) is 5.69 Å². The van der Waals surface area contributed by atoms with Gasteiger partial charge in [-0.25, -0.2) is 8.42 Å². The maximum atomic E-state index is 12.8. The summed E-state index contributed by atoms with van der Waals surface area (Å²) in [6.07, 6.45) is 1.79. The number of anilines is 1. The first-order valence-corrected chi connectivity index (χ1v) is 11.7. The standard InChI is InChI=1S/C23H23ClN2O3S/c1-30(28,29)26(17-19-7-3-2-4-8-19)22-10-6-5-9-21(22)23(27)25-16-15-18-11-13-20(24)14-12-18/h2-14H,15-17H2,1H3,(H,25,27). The average molecular weight is 443 g/mol. The highest BCUT2D eigenvalue weighted by Gasteiger charge is 2.23. The second-order valence-corrected chi connectivity index (χ2v) is 9.25. The molecule has 0 aromatic heterocycles. The fraction of sp³-hybridized carbons (Fsp3) is 0.174. The first kappa shape index (κ1) is 21.9. The number of hydrogen-bond acceptors (Lipinski definition) is 3. The SMILES string of the molecule is CS(=O)(=O)N(Cc1ccccc1)c1ccccc1C(=O)NCCc1ccc(Cl)cc1. The topological polar surface area (TPSA) is 66.5 Å². The Balaban J connectivity index is 1.78. The zero-order valence-corrected chi connectivity index (χ0v) is 18.2. The first-order chi connectivity index (χ1) is 14.3. The normalized spacial score (nSPS) is 11.1. The number of amides is 1. The lowest BCUT2D eigenvalue weighted by atomic mass is 10.1. The third-order valence-corrected chi connectivity index (χ3v) is 5.98. The highest BCUT2D eigenvalue weighted by atomic mass is 35.5. The van der Waals surface area contributed by atoms with E-state index in [1.165, 1.54) is 4.31 Å². The summed E-state index contributed by atoms with van der Waals surface area (Å²) < 4.78 is 26.3. The van der Waals surface area contributed by atoms with Crippen LogP contribution in [0.25, 0.3) is 0 Å². The minimum absolute atomic E-state index is 0.148. The van der Waals surface area contributed by atoms with Gasteiger partial charge in [-0.1, -0.05) is 66.2 Å². The van der Waals surface area contributed by atoms with E-state index in [4.69, 9.17) is 11.6 Å². The van der Waals surface area contributed by atoms with Gasteiger partial charge in [0, 0.05) is 11.6 Å². The van der Waals surface area contributed by atoms with Crippen LogP contribution in [0.2, 0.25) is 5.02 Å². The lowest BCUT2D eigenvalue weighted by molar-refractivity contribution is 0.0955. The van der Waals surface area contributed by atoms with Crippen LogP contribution in [0.1, 0.15) is 21.5 Å². The van der Waals surface area contributed by atoms with Crippen molar-refractivity contribution in [3.05, 3.63) is 101 Å². The maximum Gasteiger partial charge on any atom is 0.253 e. The van der Waals surface area contributed by atoms with E-state index in [0.717, 1.165) is 17.4 Å². The van der Waals surface area contributed by atoms with Crippen molar-refractivity contribution < 1.29 is 13.2 Å². The zero-order valence-electron chi connectivity index (χ0n) is 16.6. The summed E-state index contributed by atoms with van der Waals surface area (Å²) in [5.41, 5.74) is 2.55. The van der Waals surface area contributed by atoms with Crippen molar-refractivity contribution in [3.63, 3.8) is 0 Å². The van der Waals surface area contributed by atoms with Crippen LogP contribution in [0.3, 0.4) is 0 Å². The minimum atomic E-state index is -3.60. The third kappa shape index (κ3) is 5.84. The van der Waals surface area contributed by atoms with Gasteiger partial charge in [0.1, 0.15) is 0 Å². The van der Waals surface area contributed by atoms with Crippen LogP contribution in [-0.2, 0) is 23.0 Å². The largest absolute Gasteiger partial charge is 0.352 e. The number of benzene rings is 3. The van der Waals surface area contributed by atoms with Gasteiger partial charge in [0.05, 0.1) is 24.1 Å². The van der Waals surface area contributed by atoms with Gasteiger partial charge in [0.25, 0.3) is 5.91 Å². The predicted octanol–water partition coefficient (Wildman–Crippen LogP) is 4.28. The molecule has 30 heavy (non-hydrogen) atoms. The number of sulfonamides is 1. The molecule has 156 valence electrons. The summed E-state index contributed by atoms with van der Waals surface area (Å²) >= 11 is 5.89. The molecule has 3 rings (SSSR count). The van der Waals surface area contributed by atoms with Gasteiger partial charge in [-0.05, 0) is 41.8 Å². The fourth-order valence-electron chi connectivity index (χ4n) is 3.08. The molecule has 0 heterocycles. The molecule has 1 amide bonds. The Hall–Kier alpha value is -2.83. The summed E-state index contributed by atoms with van der Waals surface area (Å²) in [5, 5.41) is 3.54. The number of halogens is 1. The average Bonchev–Trinajstić information content (AvgIpc) is 2.73. The fourth-order valence-corrected chi connectivity index (χ4v) is 4.11. The highest BCUT2D eigenvalue weighted by molar-refractivity contribution is 7.92. The number of nitrogens with zero attached hydrogens (tertiary/aromatic N) is 1. The Morgan fingerprint density at radius 3 is 2.20 bits per heavy atom. The van der Waals surface area contributed by atoms with Gasteiger partial charge >= 0.3 is 0 Å². The van der Waals surface area contributed by atoms with Gasteiger partial charge in [0.15, 0.2) is 0 Å². The number of carbonyl (C=O) groups is 1. The van der Waals surface area contributed by atoms with Crippen LogP contribution in [0.15, 0.2) is 78.9 Å². The molecule has 5 nitrogen and oxygen atoms in total. The molecule has 3 aromatic carbocycles. The van der Waals surface area contributed by atoms with Crippen molar-refractivity contribution in [2.75, 3.05) is 17.1 Å². The van der Waals surface area contributed by atoms with Gasteiger partial charge in [-0.15, -0.1) is 0 Å². The molecule has 0 aliphatic heterocycles. The summed E-state index contributed by atoms with van der Waals surface area (Å²) in [7, 11) is -3.60. The molecule has 0 aliphatic carbocycles. The molecular weight excluding hydrogens is 420 g/mol. The molecule has 1 N–H and O–H groups in total. The smallest absolute Gasteiger partial charge is 0.253 e. The molecule has 0 saturated heterocycles. The van der Waals surface area contributed by atoms with Gasteiger partial charge < -0.3 is 5.32 Å². The molecule has 0 radical (unpaired) electrons. The van der Waals surface area contributed by atoms with Crippen molar-refractivity contribution in [2.24, 2.45) is 0 Å². The number of hydrogen-bond donors (Lipinski definition) is 1. The first-order valence-electron chi connectivity index (χ1n) is 9.48. The van der Waals surface area contributed by atoms with Crippen LogP contribution in [-0.4, -0.2) is 27.1 Å². The van der Waals surface area contributed by atoms with Crippen molar-refractivity contribution >= 4 is 33.2 Å². The van der Waals surface area contributed by atoms with Crippen molar-refractivity contribution in [1.82, 2.24) is 5.32 Å². The molecule has 0 aliphatic rings. The second kappa shape index (κ2) is 9.78. The minimum Gasteiger partial charge on any atom is -0.352 e. The van der Waals surface area contributed by atoms with Gasteiger partial charge in [0.2, 0.25) is 10.0 Å². The number of rotatable bonds is 8. The van der Waals surface area contributed by atoms with E-state index in [1.54, 1.807) is 24.3 Å². The lowest BCUT2D eigenvalue weighted by Gasteiger charge is -2.24. The summed E-state index contributed by atoms with van der Waals surface area (Å²) in [5.74, 6) is -0.318. The Bertz CT molecular complexity index is 1100. The van der Waals surface area contributed by atoms with Crippen molar-refractivity contribution in [1.29, 1.82) is 0 Å². The predicted molar refractivity (Wildman–Crippen MR) is 121 cm³/mol. The van der Waals surface area contributed by atoms with E-state index in [1.807, 2.05) is 54.6 Å². The van der Waals surface area contributed by atoms with E-state index < -0.39 is 10.0 Å². The maximum absolute atomic E-state index is 12.8. The molecular formula is C23H23ClN2O3S. The zero-order chi connectivity index (χ0) is 21.6. The number of para-hydroxylation sites is 1. The van der Waals surface area contributed by atoms with Crippen LogP contribution >= 0.6 is 11.6 Å². The van der Waals surface area contributed by atoms with Crippen LogP contribution < -0.4 is 9.62 Å². The molecule has 0 unspecified atom stereocenters. The van der Waals surface area contributed by atoms with E-state index in [-0.39, 0.29) is 12.5 Å². The molecule has 0 spiro atoms. The van der Waals surface area contributed by atoms with E-state index in [2.05, 4.69) is 5.32 Å². The second-order valence-electron chi connectivity index (χ2n) is 6.90. The molecule has 0 bridgehead atoms. The summed E-state index contributed by atoms with van der Waals surface area (Å²) in [4.78, 5) is 12.8. The monoisotopic (exact) mass is 442 g/mol. The van der Waals surface area contributed by atoms with Crippen molar-refractivity contribution in [3.8, 4) is 0 Å². The van der Waals surface area contributed by atoms with E-state index in [0.29, 0.717) is 29.2 Å². The summed E-state index contributed by atoms with van der Waals surface area (Å²) in [6, 6.07) is 23.5. The molecule has 0 saturated carbocycles. The molecule has 7 heteroatoms. The Kier molecular flexibility index (Phi) is 7.13. The number of carbonyl (C=O) groups excluding carboxylic acids is 1. The van der Waals surface area contributed by atoms with Crippen LogP contribution in [0, 0.1) is 0 Å². The molecule has 0 atom stereocenters. The molecule has 0 fully saturated rings. The quantitative estimate of drug-likeness (QED) is 0.566.